The molecule has 94 valence electrons. The van der Waals surface area contributed by atoms with Crippen molar-refractivity contribution in [3.63, 3.8) is 0 Å². The number of hydrogen-bond acceptors (Lipinski definition) is 3. The summed E-state index contributed by atoms with van der Waals surface area (Å²) in [7, 11) is 0. The van der Waals surface area contributed by atoms with Crippen LogP contribution in [0.3, 0.4) is 0 Å². The van der Waals surface area contributed by atoms with Gasteiger partial charge in [0, 0.05) is 6.54 Å². The summed E-state index contributed by atoms with van der Waals surface area (Å²) in [6.07, 6.45) is 0. The van der Waals surface area contributed by atoms with Crippen molar-refractivity contribution >= 4 is 5.84 Å². The zero-order chi connectivity index (χ0) is 12.7. The van der Waals surface area contributed by atoms with Gasteiger partial charge in [-0.3, -0.25) is 0 Å². The van der Waals surface area contributed by atoms with E-state index in [4.69, 9.17) is 10.9 Å². The Morgan fingerprint density at radius 1 is 1.29 bits per heavy atom. The van der Waals surface area contributed by atoms with E-state index in [1.54, 1.807) is 0 Å². The fourth-order valence-electron chi connectivity index (χ4n) is 1.66. The molecule has 0 amide bonds. The maximum absolute atomic E-state index is 8.81. The molecular formula is C13H21N3O. The van der Waals surface area contributed by atoms with Crippen molar-refractivity contribution < 1.29 is 5.21 Å². The fraction of sp³-hybridized carbons (Fsp3) is 0.462. The van der Waals surface area contributed by atoms with Gasteiger partial charge in [0.05, 0.1) is 5.92 Å². The lowest BCUT2D eigenvalue weighted by molar-refractivity contribution is 0.315. The van der Waals surface area contributed by atoms with Crippen LogP contribution in [-0.2, 0) is 0 Å². The third kappa shape index (κ3) is 4.44. The first-order valence-electron chi connectivity index (χ1n) is 5.88. The predicted molar refractivity (Wildman–Crippen MR) is 70.3 cm³/mol. The minimum Gasteiger partial charge on any atom is -0.409 e. The number of oxime groups is 1. The monoisotopic (exact) mass is 235 g/mol. The van der Waals surface area contributed by atoms with Crippen LogP contribution in [0.5, 0.6) is 0 Å². The first-order valence-corrected chi connectivity index (χ1v) is 5.88. The molecule has 0 heterocycles. The molecule has 0 aliphatic heterocycles. The van der Waals surface area contributed by atoms with Gasteiger partial charge in [0.1, 0.15) is 5.84 Å². The largest absolute Gasteiger partial charge is 0.409 e. The SMILES string of the molecule is CC(C)CNCC(/C(N)=N/O)c1ccccc1. The molecule has 0 spiro atoms. The van der Waals surface area contributed by atoms with Gasteiger partial charge in [-0.1, -0.05) is 49.3 Å². The number of hydrogen-bond donors (Lipinski definition) is 3. The summed E-state index contributed by atoms with van der Waals surface area (Å²) in [4.78, 5) is 0. The Labute approximate surface area is 103 Å². The van der Waals surface area contributed by atoms with Crippen LogP contribution in [0.4, 0.5) is 0 Å². The first kappa shape index (κ1) is 13.5. The lowest BCUT2D eigenvalue weighted by atomic mass is 9.98. The summed E-state index contributed by atoms with van der Waals surface area (Å²) >= 11 is 0. The number of nitrogens with one attached hydrogen (secondary N) is 1. The molecule has 1 rings (SSSR count). The molecule has 4 N–H and O–H groups in total. The second-order valence-corrected chi connectivity index (χ2v) is 4.54. The summed E-state index contributed by atoms with van der Waals surface area (Å²) in [5.74, 6) is 0.742. The van der Waals surface area contributed by atoms with E-state index in [0.29, 0.717) is 12.5 Å². The van der Waals surface area contributed by atoms with Crippen molar-refractivity contribution in [2.75, 3.05) is 13.1 Å². The molecule has 0 radical (unpaired) electrons. The van der Waals surface area contributed by atoms with Crippen LogP contribution in [0.25, 0.3) is 0 Å². The normalized spacial score (nSPS) is 13.9. The maximum atomic E-state index is 8.81. The molecule has 1 atom stereocenters. The van der Waals surface area contributed by atoms with E-state index < -0.39 is 0 Å². The van der Waals surface area contributed by atoms with Crippen LogP contribution in [-0.4, -0.2) is 24.1 Å². The van der Waals surface area contributed by atoms with Gasteiger partial charge in [0.2, 0.25) is 0 Å². The van der Waals surface area contributed by atoms with Gasteiger partial charge < -0.3 is 16.3 Å². The van der Waals surface area contributed by atoms with E-state index in [1.807, 2.05) is 30.3 Å². The molecule has 1 aromatic carbocycles. The van der Waals surface area contributed by atoms with E-state index in [0.717, 1.165) is 12.1 Å². The molecular weight excluding hydrogens is 214 g/mol. The van der Waals surface area contributed by atoms with Crippen molar-refractivity contribution in [2.24, 2.45) is 16.8 Å². The van der Waals surface area contributed by atoms with Crippen LogP contribution in [0.2, 0.25) is 0 Å². The third-order valence-electron chi connectivity index (χ3n) is 2.58. The smallest absolute Gasteiger partial charge is 0.147 e. The highest BCUT2D eigenvalue weighted by Gasteiger charge is 2.15. The zero-order valence-electron chi connectivity index (χ0n) is 10.4. The molecule has 0 aliphatic carbocycles. The van der Waals surface area contributed by atoms with Crippen molar-refractivity contribution in [3.8, 4) is 0 Å². The number of rotatable bonds is 6. The van der Waals surface area contributed by atoms with Crippen LogP contribution < -0.4 is 11.1 Å². The third-order valence-corrected chi connectivity index (χ3v) is 2.58. The number of amidine groups is 1. The van der Waals surface area contributed by atoms with Crippen molar-refractivity contribution in [3.05, 3.63) is 35.9 Å². The number of nitrogens with two attached hydrogens (primary N) is 1. The average Bonchev–Trinajstić information content (AvgIpc) is 2.34. The minimum absolute atomic E-state index is 0.0834. The van der Waals surface area contributed by atoms with Crippen molar-refractivity contribution in [1.82, 2.24) is 5.32 Å². The van der Waals surface area contributed by atoms with Gasteiger partial charge >= 0.3 is 0 Å². The van der Waals surface area contributed by atoms with E-state index >= 15 is 0 Å². The summed E-state index contributed by atoms with van der Waals surface area (Å²) in [6.45, 7) is 5.89. The van der Waals surface area contributed by atoms with Gasteiger partial charge in [-0.05, 0) is 18.0 Å². The quantitative estimate of drug-likeness (QED) is 0.304. The molecule has 0 fully saturated rings. The number of benzene rings is 1. The minimum atomic E-state index is -0.0834. The molecule has 4 nitrogen and oxygen atoms in total. The Hall–Kier alpha value is -1.55. The Bertz CT molecular complexity index is 349. The molecule has 0 saturated heterocycles. The van der Waals surface area contributed by atoms with E-state index in [9.17, 15) is 0 Å². The molecule has 0 bridgehead atoms. The van der Waals surface area contributed by atoms with E-state index in [2.05, 4.69) is 24.3 Å². The average molecular weight is 235 g/mol. The highest BCUT2D eigenvalue weighted by Crippen LogP contribution is 2.14. The summed E-state index contributed by atoms with van der Waals surface area (Å²) in [5, 5.41) is 15.3. The molecule has 4 heteroatoms. The van der Waals surface area contributed by atoms with Crippen molar-refractivity contribution in [2.45, 2.75) is 19.8 Å². The van der Waals surface area contributed by atoms with E-state index in [1.165, 1.54) is 0 Å². The van der Waals surface area contributed by atoms with Crippen LogP contribution in [0, 0.1) is 5.92 Å². The molecule has 17 heavy (non-hydrogen) atoms. The zero-order valence-corrected chi connectivity index (χ0v) is 10.4. The summed E-state index contributed by atoms with van der Waals surface area (Å²) in [6, 6.07) is 9.83. The second kappa shape index (κ2) is 6.91. The lowest BCUT2D eigenvalue weighted by Crippen LogP contribution is -2.33. The summed E-state index contributed by atoms with van der Waals surface area (Å²) < 4.78 is 0. The molecule has 0 aliphatic rings. The van der Waals surface area contributed by atoms with Gasteiger partial charge in [0.25, 0.3) is 0 Å². The molecule has 0 saturated carbocycles. The second-order valence-electron chi connectivity index (χ2n) is 4.54. The summed E-state index contributed by atoms with van der Waals surface area (Å²) in [5.41, 5.74) is 6.78. The Morgan fingerprint density at radius 2 is 1.94 bits per heavy atom. The lowest BCUT2D eigenvalue weighted by Gasteiger charge is -2.17. The first-order chi connectivity index (χ1) is 8.15. The Balaban J connectivity index is 2.69. The molecule has 0 aromatic heterocycles. The predicted octanol–water partition coefficient (Wildman–Crippen LogP) is 1.76. The van der Waals surface area contributed by atoms with Gasteiger partial charge in [-0.15, -0.1) is 0 Å². The van der Waals surface area contributed by atoms with Gasteiger partial charge in [0.15, 0.2) is 0 Å². The molecule has 1 aromatic rings. The Kier molecular flexibility index (Phi) is 5.49. The highest BCUT2D eigenvalue weighted by molar-refractivity contribution is 5.87. The van der Waals surface area contributed by atoms with Gasteiger partial charge in [-0.2, -0.15) is 0 Å². The molecule has 1 unspecified atom stereocenters. The van der Waals surface area contributed by atoms with Gasteiger partial charge in [-0.25, -0.2) is 0 Å². The number of nitrogens with zero attached hydrogens (tertiary/aromatic N) is 1. The van der Waals surface area contributed by atoms with Crippen LogP contribution in [0.15, 0.2) is 35.5 Å². The van der Waals surface area contributed by atoms with Crippen molar-refractivity contribution in [1.29, 1.82) is 0 Å². The highest BCUT2D eigenvalue weighted by atomic mass is 16.4. The standard InChI is InChI=1S/C13H21N3O/c1-10(2)8-15-9-12(13(14)16-17)11-6-4-3-5-7-11/h3-7,10,12,15,17H,8-9H2,1-2H3,(H2,14,16). The maximum Gasteiger partial charge on any atom is 0.147 e. The van der Waals surface area contributed by atoms with E-state index in [-0.39, 0.29) is 11.8 Å². The fourth-order valence-corrected chi connectivity index (χ4v) is 1.66. The van der Waals surface area contributed by atoms with Crippen LogP contribution >= 0.6 is 0 Å². The van der Waals surface area contributed by atoms with Crippen LogP contribution in [0.1, 0.15) is 25.3 Å². The topological polar surface area (TPSA) is 70.6 Å². The Morgan fingerprint density at radius 3 is 2.47 bits per heavy atom.